The molecule has 0 heterocycles. The summed E-state index contributed by atoms with van der Waals surface area (Å²) >= 11 is 0.750. The molecule has 0 aromatic carbocycles. The van der Waals surface area contributed by atoms with E-state index in [9.17, 15) is 0 Å². The summed E-state index contributed by atoms with van der Waals surface area (Å²) in [6, 6.07) is 0. The van der Waals surface area contributed by atoms with E-state index < -0.39 is 0 Å². The van der Waals surface area contributed by atoms with Gasteiger partial charge in [0.15, 0.2) is 0 Å². The zero-order valence-corrected chi connectivity index (χ0v) is 3.83. The van der Waals surface area contributed by atoms with Gasteiger partial charge in [0.2, 0.25) is 0 Å². The Hall–Kier alpha value is -0.0157. The number of aliphatic hydroxyl groups excluding tert-OH is 1. The Morgan fingerprint density at radius 1 is 1.50 bits per heavy atom. The Bertz CT molecular complexity index is 22.8. The maximum absolute atomic E-state index is 8.25. The molecule has 0 fully saturated rings. The van der Waals surface area contributed by atoms with Gasteiger partial charge in [-0.25, -0.2) is 0 Å². The van der Waals surface area contributed by atoms with Crippen molar-refractivity contribution in [3.05, 3.63) is 0 Å². The summed E-state index contributed by atoms with van der Waals surface area (Å²) in [6.45, 7) is 0.500. The first-order chi connectivity index (χ1) is 2.41. The Balaban J connectivity index is -0.0000000275. The van der Waals surface area contributed by atoms with Crippen LogP contribution < -0.4 is 0 Å². The minimum absolute atomic E-state index is 0. The van der Waals surface area contributed by atoms with Crippen LogP contribution in [-0.2, 0) is 28.5 Å². The molecule has 3 nitrogen and oxygen atoms in total. The zero-order chi connectivity index (χ0) is 4.71. The average molecular weight is 125 g/mol. The van der Waals surface area contributed by atoms with E-state index in [2.05, 4.69) is 0 Å². The van der Waals surface area contributed by atoms with E-state index in [1.54, 1.807) is 0 Å². The van der Waals surface area contributed by atoms with E-state index in [0.717, 1.165) is 20.4 Å². The van der Waals surface area contributed by atoms with Crippen LogP contribution >= 0.6 is 0 Å². The second-order valence-corrected chi connectivity index (χ2v) is 0.0913. The van der Waals surface area contributed by atoms with Gasteiger partial charge < -0.3 is 9.90 Å². The number of rotatable bonds is 0. The van der Waals surface area contributed by atoms with Gasteiger partial charge in [-0.15, -0.1) is 0 Å². The van der Waals surface area contributed by atoms with E-state index in [1.165, 1.54) is 0 Å². The Morgan fingerprint density at radius 3 is 1.50 bits per heavy atom. The number of hydrogen-bond donors (Lipinski definition) is 1. The monoisotopic (exact) mass is 125 g/mol. The van der Waals surface area contributed by atoms with Crippen LogP contribution in [0.15, 0.2) is 0 Å². The molecule has 0 aromatic rings. The zero-order valence-electron chi connectivity index (χ0n) is 2.26. The van der Waals surface area contributed by atoms with Crippen molar-refractivity contribution in [3.63, 3.8) is 0 Å². The van der Waals surface area contributed by atoms with Crippen LogP contribution in [0.4, 0.5) is 0 Å². The average Bonchev–Trinajstić information content (AvgIpc) is 1.46. The first kappa shape index (κ1) is 16.7. The molecule has 0 saturated carbocycles. The molecule has 0 rings (SSSR count). The van der Waals surface area contributed by atoms with Gasteiger partial charge in [0.1, 0.15) is 0 Å². The molecule has 0 aliphatic carbocycles. The Labute approximate surface area is 48.1 Å². The molecule has 0 aliphatic heterocycles. The molecule has 0 amide bonds. The van der Waals surface area contributed by atoms with Gasteiger partial charge in [0.05, 0.1) is 0 Å². The molecule has 0 aliphatic rings. The number of hydrogen-bond acceptors (Lipinski definition) is 2. The molecule has 6 heavy (non-hydrogen) atoms. The van der Waals surface area contributed by atoms with Crippen molar-refractivity contribution in [3.8, 4) is 0 Å². The third kappa shape index (κ3) is 144000. The summed E-state index contributed by atoms with van der Waals surface area (Å²) in [4.78, 5) is 8.24. The summed E-state index contributed by atoms with van der Waals surface area (Å²) in [5, 5.41) is 6.76. The molecule has 0 bridgehead atoms. The van der Waals surface area contributed by atoms with Gasteiger partial charge in [0, 0.05) is 0 Å². The normalized spacial score (nSPS) is 3.00. The van der Waals surface area contributed by atoms with Gasteiger partial charge in [-0.3, -0.25) is 0 Å². The van der Waals surface area contributed by atoms with Gasteiger partial charge in [0.25, 0.3) is 0 Å². The molecule has 35 valence electrons. The molecular weight excluding hydrogens is 120 g/mol. The molecule has 4 heteroatoms. The Kier molecular flexibility index (Phi) is 227. The fourth-order valence-electron chi connectivity index (χ4n) is 0. The van der Waals surface area contributed by atoms with Crippen LogP contribution in [-0.4, -0.2) is 11.6 Å². The third-order valence-corrected chi connectivity index (χ3v) is 0. The van der Waals surface area contributed by atoms with Crippen molar-refractivity contribution in [2.24, 2.45) is 0 Å². The topological polar surface area (TPSA) is 54.4 Å². The first-order valence-corrected chi connectivity index (χ1v) is 1.27. The molecule has 1 N–H and O–H groups in total. The second-order valence-electron chi connectivity index (χ2n) is 0.0913. The van der Waals surface area contributed by atoms with E-state index in [-0.39, 0.29) is 7.43 Å². The standard InChI is InChI=1S/CHO2.CH4.O.Ti/c2-1-3;;;/h(H,2,3);1H4;;/q-1;;;+1. The van der Waals surface area contributed by atoms with Gasteiger partial charge >= 0.3 is 23.7 Å². The van der Waals surface area contributed by atoms with Crippen LogP contribution in [0.25, 0.3) is 0 Å². The molecule has 0 unspecified atom stereocenters. The van der Waals surface area contributed by atoms with Gasteiger partial charge in [-0.2, -0.15) is 0 Å². The summed E-state index contributed by atoms with van der Waals surface area (Å²) in [5.74, 6) is 0. The fraction of sp³-hybridized carbons (Fsp3) is 0.500. The molecule has 0 radical (unpaired) electrons. The first-order valence-electron chi connectivity index (χ1n) is 0.632. The third-order valence-electron chi connectivity index (χ3n) is 0. The predicted octanol–water partition coefficient (Wildman–Crippen LogP) is 0.126. The summed E-state index contributed by atoms with van der Waals surface area (Å²) in [7, 11) is 0. The Morgan fingerprint density at radius 2 is 1.50 bits per heavy atom. The molecular formula is C2H5O3Ti. The van der Waals surface area contributed by atoms with Crippen molar-refractivity contribution in [1.82, 2.24) is 0 Å². The quantitative estimate of drug-likeness (QED) is 0.369. The van der Waals surface area contributed by atoms with Crippen LogP contribution in [0.3, 0.4) is 0 Å². The van der Waals surface area contributed by atoms with Crippen molar-refractivity contribution in [1.29, 1.82) is 0 Å². The minimum atomic E-state index is 0. The summed E-state index contributed by atoms with van der Waals surface area (Å²) in [6.07, 6.45) is 0. The van der Waals surface area contributed by atoms with Crippen molar-refractivity contribution >= 4 is 6.47 Å². The van der Waals surface area contributed by atoms with E-state index in [0.29, 0.717) is 6.47 Å². The van der Waals surface area contributed by atoms with Crippen LogP contribution in [0, 0.1) is 0 Å². The molecule has 0 spiro atoms. The summed E-state index contributed by atoms with van der Waals surface area (Å²) in [5.41, 5.74) is 0. The SMILES string of the molecule is C.O=[C-]O.[O]=[Ti+]. The van der Waals surface area contributed by atoms with E-state index >= 15 is 0 Å². The molecule has 0 aromatic heterocycles. The molecule has 0 saturated heterocycles. The van der Waals surface area contributed by atoms with E-state index in [4.69, 9.17) is 13.2 Å². The van der Waals surface area contributed by atoms with Crippen molar-refractivity contribution in [2.75, 3.05) is 0 Å². The van der Waals surface area contributed by atoms with Crippen LogP contribution in [0.2, 0.25) is 0 Å². The molecule has 0 atom stereocenters. The van der Waals surface area contributed by atoms with Gasteiger partial charge in [-0.1, -0.05) is 13.9 Å². The van der Waals surface area contributed by atoms with Crippen LogP contribution in [0.5, 0.6) is 0 Å². The van der Waals surface area contributed by atoms with Crippen LogP contribution in [0.1, 0.15) is 7.43 Å². The van der Waals surface area contributed by atoms with Crippen molar-refractivity contribution in [2.45, 2.75) is 7.43 Å². The predicted molar refractivity (Wildman–Crippen MR) is 15.7 cm³/mol. The van der Waals surface area contributed by atoms with Crippen molar-refractivity contribution < 1.29 is 33.6 Å². The van der Waals surface area contributed by atoms with E-state index in [1.807, 2.05) is 0 Å². The fourth-order valence-corrected chi connectivity index (χ4v) is 0. The summed E-state index contributed by atoms with van der Waals surface area (Å²) < 4.78 is 8.25. The second kappa shape index (κ2) is 81.7. The van der Waals surface area contributed by atoms with Gasteiger partial charge in [-0.05, 0) is 0 Å². The maximum atomic E-state index is 8.25.